The van der Waals surface area contributed by atoms with E-state index in [1.807, 2.05) is 13.0 Å². The van der Waals surface area contributed by atoms with Gasteiger partial charge in [0.2, 0.25) is 0 Å². The van der Waals surface area contributed by atoms with Crippen LogP contribution in [-0.4, -0.2) is 24.3 Å². The molecule has 1 N–H and O–H groups in total. The van der Waals surface area contributed by atoms with Gasteiger partial charge in [-0.2, -0.15) is 0 Å². The molecule has 2 fully saturated rings. The molecule has 0 spiro atoms. The van der Waals surface area contributed by atoms with Crippen LogP contribution in [0.2, 0.25) is 0 Å². The van der Waals surface area contributed by atoms with Gasteiger partial charge in [-0.1, -0.05) is 30.7 Å². The first-order chi connectivity index (χ1) is 12.5. The number of carbonyl (C=O) groups excluding carboxylic acids is 1. The number of rotatable bonds is 8. The third kappa shape index (κ3) is 6.02. The highest BCUT2D eigenvalue weighted by atomic mass is 16.5. The van der Waals surface area contributed by atoms with Crippen LogP contribution in [0.1, 0.15) is 65.2 Å². The fourth-order valence-electron chi connectivity index (χ4n) is 4.37. The van der Waals surface area contributed by atoms with Gasteiger partial charge in [-0.05, 0) is 69.1 Å². The van der Waals surface area contributed by atoms with Crippen molar-refractivity contribution in [3.8, 4) is 11.8 Å². The number of aliphatic hydroxyl groups excluding tert-OH is 1. The molecule has 3 nitrogen and oxygen atoms in total. The molecule has 2 saturated carbocycles. The molecule has 0 amide bonds. The van der Waals surface area contributed by atoms with E-state index in [0.29, 0.717) is 12.3 Å². The Morgan fingerprint density at radius 1 is 1.38 bits per heavy atom. The first kappa shape index (κ1) is 20.8. The number of methoxy groups -OCH3 is 1. The lowest BCUT2D eigenvalue weighted by atomic mass is 9.90. The number of ether oxygens (including phenoxy) is 1. The van der Waals surface area contributed by atoms with Crippen LogP contribution in [0, 0.1) is 35.5 Å². The number of esters is 1. The van der Waals surface area contributed by atoms with E-state index >= 15 is 0 Å². The zero-order chi connectivity index (χ0) is 18.9. The van der Waals surface area contributed by atoms with Crippen molar-refractivity contribution in [3.05, 3.63) is 23.8 Å². The second kappa shape index (κ2) is 10.6. The quantitative estimate of drug-likeness (QED) is 0.297. The van der Waals surface area contributed by atoms with Crippen molar-refractivity contribution >= 4 is 5.97 Å². The summed E-state index contributed by atoms with van der Waals surface area (Å²) in [4.78, 5) is 11.2. The number of fused-ring (bicyclic) bond motifs is 1. The van der Waals surface area contributed by atoms with Crippen molar-refractivity contribution in [2.24, 2.45) is 23.7 Å². The lowest BCUT2D eigenvalue weighted by Crippen LogP contribution is -2.15. The SMILES string of the molecule is CC#CC[C@H](C)[C@H](O)/C=C/[C@H]1CC[C@@H]2C/C(=C\CCCC(=O)OC)C[C@@H]21. The molecule has 2 rings (SSSR count). The highest BCUT2D eigenvalue weighted by Crippen LogP contribution is 2.50. The van der Waals surface area contributed by atoms with Crippen LogP contribution >= 0.6 is 0 Å². The normalized spacial score (nSPS) is 28.6. The van der Waals surface area contributed by atoms with Crippen LogP contribution < -0.4 is 0 Å². The Bertz CT molecular complexity index is 578. The van der Waals surface area contributed by atoms with Crippen molar-refractivity contribution in [1.82, 2.24) is 0 Å². The predicted octanol–water partition coefficient (Wildman–Crippen LogP) is 4.66. The topological polar surface area (TPSA) is 46.5 Å². The van der Waals surface area contributed by atoms with E-state index in [4.69, 9.17) is 0 Å². The van der Waals surface area contributed by atoms with Gasteiger partial charge in [-0.15, -0.1) is 11.8 Å². The molecular weight excluding hydrogens is 324 g/mol. The van der Waals surface area contributed by atoms with Gasteiger partial charge in [0, 0.05) is 12.8 Å². The zero-order valence-electron chi connectivity index (χ0n) is 16.5. The number of allylic oxidation sites excluding steroid dienone is 3. The fourth-order valence-corrected chi connectivity index (χ4v) is 4.37. The molecule has 0 saturated heterocycles. The van der Waals surface area contributed by atoms with Crippen LogP contribution in [0.25, 0.3) is 0 Å². The smallest absolute Gasteiger partial charge is 0.305 e. The monoisotopic (exact) mass is 358 g/mol. The summed E-state index contributed by atoms with van der Waals surface area (Å²) in [5.74, 6) is 8.15. The molecule has 0 radical (unpaired) electrons. The molecule has 0 heterocycles. The van der Waals surface area contributed by atoms with Crippen molar-refractivity contribution in [3.63, 3.8) is 0 Å². The molecule has 26 heavy (non-hydrogen) atoms. The maximum absolute atomic E-state index is 11.2. The summed E-state index contributed by atoms with van der Waals surface area (Å²) < 4.78 is 4.69. The Morgan fingerprint density at radius 3 is 2.92 bits per heavy atom. The van der Waals surface area contributed by atoms with Crippen LogP contribution in [0.5, 0.6) is 0 Å². The van der Waals surface area contributed by atoms with Crippen molar-refractivity contribution in [2.45, 2.75) is 71.3 Å². The Hall–Kier alpha value is -1.53. The summed E-state index contributed by atoms with van der Waals surface area (Å²) in [6.07, 6.45) is 14.3. The second-order valence-corrected chi connectivity index (χ2v) is 7.89. The van der Waals surface area contributed by atoms with Crippen LogP contribution in [0.15, 0.2) is 23.8 Å². The molecule has 0 aliphatic heterocycles. The lowest BCUT2D eigenvalue weighted by Gasteiger charge is -2.17. The summed E-state index contributed by atoms with van der Waals surface area (Å²) in [5, 5.41) is 10.3. The Kier molecular flexibility index (Phi) is 8.45. The molecule has 0 aromatic heterocycles. The first-order valence-corrected chi connectivity index (χ1v) is 10.1. The molecule has 0 aromatic carbocycles. The molecule has 2 aliphatic carbocycles. The zero-order valence-corrected chi connectivity index (χ0v) is 16.5. The van der Waals surface area contributed by atoms with Gasteiger partial charge in [-0.3, -0.25) is 4.79 Å². The number of carbonyl (C=O) groups is 1. The van der Waals surface area contributed by atoms with Gasteiger partial charge in [0.1, 0.15) is 0 Å². The molecule has 0 aromatic rings. The Labute approximate surface area is 158 Å². The van der Waals surface area contributed by atoms with E-state index < -0.39 is 6.10 Å². The predicted molar refractivity (Wildman–Crippen MR) is 105 cm³/mol. The third-order valence-corrected chi connectivity index (χ3v) is 6.03. The summed E-state index contributed by atoms with van der Waals surface area (Å²) in [6, 6.07) is 0. The molecule has 2 aliphatic rings. The maximum Gasteiger partial charge on any atom is 0.305 e. The first-order valence-electron chi connectivity index (χ1n) is 10.1. The Morgan fingerprint density at radius 2 is 2.19 bits per heavy atom. The summed E-state index contributed by atoms with van der Waals surface area (Å²) in [6.45, 7) is 3.90. The van der Waals surface area contributed by atoms with Crippen LogP contribution in [0.3, 0.4) is 0 Å². The average Bonchev–Trinajstić information content (AvgIpc) is 3.21. The second-order valence-electron chi connectivity index (χ2n) is 7.89. The van der Waals surface area contributed by atoms with E-state index in [9.17, 15) is 9.90 Å². The van der Waals surface area contributed by atoms with Crippen molar-refractivity contribution < 1.29 is 14.6 Å². The van der Waals surface area contributed by atoms with Gasteiger partial charge in [0.15, 0.2) is 0 Å². The average molecular weight is 359 g/mol. The van der Waals surface area contributed by atoms with E-state index in [-0.39, 0.29) is 11.9 Å². The Balaban J connectivity index is 1.80. The minimum atomic E-state index is -0.398. The standard InChI is InChI=1S/C23H34O3/c1-4-5-8-17(2)22(24)14-13-19-11-12-20-15-18(16-21(19)20)9-6-7-10-23(25)26-3/h9,13-14,17,19-22,24H,6-8,10-12,15-16H2,1-3H3/b14-13+,18-9+/t17-,19+,20+,21+,22+/m0/s1. The van der Waals surface area contributed by atoms with Gasteiger partial charge >= 0.3 is 5.97 Å². The van der Waals surface area contributed by atoms with E-state index in [1.165, 1.54) is 32.8 Å². The minimum Gasteiger partial charge on any atom is -0.469 e. The van der Waals surface area contributed by atoms with E-state index in [0.717, 1.165) is 31.1 Å². The molecular formula is C23H34O3. The summed E-state index contributed by atoms with van der Waals surface area (Å²) in [7, 11) is 1.45. The number of hydrogen-bond donors (Lipinski definition) is 1. The number of aliphatic hydroxyl groups is 1. The van der Waals surface area contributed by atoms with Crippen molar-refractivity contribution in [1.29, 1.82) is 0 Å². The highest BCUT2D eigenvalue weighted by Gasteiger charge is 2.39. The van der Waals surface area contributed by atoms with Gasteiger partial charge in [0.05, 0.1) is 13.2 Å². The highest BCUT2D eigenvalue weighted by molar-refractivity contribution is 5.69. The van der Waals surface area contributed by atoms with Crippen LogP contribution in [-0.2, 0) is 9.53 Å². The minimum absolute atomic E-state index is 0.116. The summed E-state index contributed by atoms with van der Waals surface area (Å²) >= 11 is 0. The van der Waals surface area contributed by atoms with E-state index in [1.54, 1.807) is 5.57 Å². The van der Waals surface area contributed by atoms with Gasteiger partial charge in [0.25, 0.3) is 0 Å². The molecule has 5 atom stereocenters. The third-order valence-electron chi connectivity index (χ3n) is 6.03. The number of hydrogen-bond acceptors (Lipinski definition) is 3. The summed E-state index contributed by atoms with van der Waals surface area (Å²) in [5.41, 5.74) is 1.56. The lowest BCUT2D eigenvalue weighted by molar-refractivity contribution is -0.140. The maximum atomic E-state index is 11.2. The molecule has 0 unspecified atom stereocenters. The van der Waals surface area contributed by atoms with Gasteiger partial charge in [-0.25, -0.2) is 0 Å². The van der Waals surface area contributed by atoms with E-state index in [2.05, 4.69) is 35.7 Å². The van der Waals surface area contributed by atoms with Crippen molar-refractivity contribution in [2.75, 3.05) is 7.11 Å². The molecule has 0 bridgehead atoms. The largest absolute Gasteiger partial charge is 0.469 e. The number of unbranched alkanes of at least 4 members (excludes halogenated alkanes) is 1. The van der Waals surface area contributed by atoms with Gasteiger partial charge < -0.3 is 9.84 Å². The molecule has 3 heteroatoms. The molecule has 144 valence electrons. The fraction of sp³-hybridized carbons (Fsp3) is 0.696. The van der Waals surface area contributed by atoms with Crippen LogP contribution in [0.4, 0.5) is 0 Å².